The summed E-state index contributed by atoms with van der Waals surface area (Å²) in [6, 6.07) is 8.54. The van der Waals surface area contributed by atoms with Gasteiger partial charge in [-0.15, -0.1) is 0 Å². The second-order valence-electron chi connectivity index (χ2n) is 4.37. The lowest BCUT2D eigenvalue weighted by atomic mass is 10.0. The van der Waals surface area contributed by atoms with Gasteiger partial charge in [0.25, 0.3) is 15.8 Å². The number of benzene rings is 2. The molecule has 1 N–H and O–H groups in total. The van der Waals surface area contributed by atoms with Gasteiger partial charge in [-0.25, -0.2) is 0 Å². The first-order valence-electron chi connectivity index (χ1n) is 5.73. The Bertz CT molecular complexity index is 832. The maximum Gasteiger partial charge on any atom is 0.295 e. The zero-order valence-electron chi connectivity index (χ0n) is 10.8. The summed E-state index contributed by atoms with van der Waals surface area (Å²) in [6.45, 7) is 1.72. The topological polar surface area (TPSA) is 97.5 Å². The van der Waals surface area contributed by atoms with Crippen LogP contribution in [0.4, 0.5) is 5.69 Å². The molecule has 0 bridgehead atoms. The summed E-state index contributed by atoms with van der Waals surface area (Å²) in [5.74, 6) is 0. The highest BCUT2D eigenvalue weighted by molar-refractivity contribution is 9.10. The summed E-state index contributed by atoms with van der Waals surface area (Å²) >= 11 is 3.20. The molecule has 0 aliphatic carbocycles. The monoisotopic (exact) mass is 371 g/mol. The summed E-state index contributed by atoms with van der Waals surface area (Å²) in [6.07, 6.45) is 0. The van der Waals surface area contributed by atoms with E-state index in [1.54, 1.807) is 13.0 Å². The summed E-state index contributed by atoms with van der Waals surface area (Å²) in [7, 11) is -4.50. The molecule has 0 amide bonds. The third-order valence-electron chi connectivity index (χ3n) is 2.87. The van der Waals surface area contributed by atoms with E-state index in [-0.39, 0.29) is 21.7 Å². The van der Waals surface area contributed by atoms with E-state index in [1.807, 2.05) is 0 Å². The number of halogens is 1. The minimum Gasteiger partial charge on any atom is -0.282 e. The van der Waals surface area contributed by atoms with Gasteiger partial charge in [0.15, 0.2) is 0 Å². The number of hydrogen-bond acceptors (Lipinski definition) is 4. The van der Waals surface area contributed by atoms with E-state index in [0.29, 0.717) is 10.0 Å². The van der Waals surface area contributed by atoms with Crippen molar-refractivity contribution in [1.82, 2.24) is 0 Å². The number of nitro groups is 1. The van der Waals surface area contributed by atoms with Crippen LogP contribution in [0.3, 0.4) is 0 Å². The van der Waals surface area contributed by atoms with Gasteiger partial charge in [-0.05, 0) is 41.1 Å². The van der Waals surface area contributed by atoms with Gasteiger partial charge in [-0.2, -0.15) is 8.42 Å². The quantitative estimate of drug-likeness (QED) is 0.505. The molecule has 21 heavy (non-hydrogen) atoms. The fourth-order valence-electron chi connectivity index (χ4n) is 2.00. The Morgan fingerprint density at radius 3 is 2.48 bits per heavy atom. The summed E-state index contributed by atoms with van der Waals surface area (Å²) in [5.41, 5.74) is 0.651. The van der Waals surface area contributed by atoms with Crippen molar-refractivity contribution in [2.75, 3.05) is 0 Å². The first kappa shape index (κ1) is 15.6. The molecule has 0 fully saturated rings. The van der Waals surface area contributed by atoms with Gasteiger partial charge in [0.1, 0.15) is 4.90 Å². The van der Waals surface area contributed by atoms with Gasteiger partial charge >= 0.3 is 0 Å². The molecule has 6 nitrogen and oxygen atoms in total. The molecule has 2 aromatic carbocycles. The van der Waals surface area contributed by atoms with Gasteiger partial charge in [0, 0.05) is 16.1 Å². The minimum atomic E-state index is -4.50. The molecule has 0 heterocycles. The lowest BCUT2D eigenvalue weighted by Crippen LogP contribution is -2.03. The van der Waals surface area contributed by atoms with Crippen LogP contribution in [-0.2, 0) is 10.1 Å². The Kier molecular flexibility index (Phi) is 4.13. The Hall–Kier alpha value is -1.77. The van der Waals surface area contributed by atoms with Crippen LogP contribution in [-0.4, -0.2) is 17.9 Å². The SMILES string of the molecule is Cc1ccc(S(=O)(=O)O)c(-c2c(Br)cccc2[N+](=O)[O-])c1. The second kappa shape index (κ2) is 5.55. The first-order chi connectivity index (χ1) is 9.71. The summed E-state index contributed by atoms with van der Waals surface area (Å²) in [5, 5.41) is 11.2. The van der Waals surface area contributed by atoms with E-state index >= 15 is 0 Å². The van der Waals surface area contributed by atoms with Gasteiger partial charge in [-0.1, -0.05) is 17.7 Å². The molecule has 8 heteroatoms. The van der Waals surface area contributed by atoms with Crippen molar-refractivity contribution < 1.29 is 17.9 Å². The summed E-state index contributed by atoms with van der Waals surface area (Å²) < 4.78 is 32.7. The molecule has 0 spiro atoms. The second-order valence-corrected chi connectivity index (χ2v) is 6.61. The van der Waals surface area contributed by atoms with Crippen LogP contribution >= 0.6 is 15.9 Å². The van der Waals surface area contributed by atoms with E-state index in [2.05, 4.69) is 15.9 Å². The zero-order chi connectivity index (χ0) is 15.8. The molecular formula is C13H10BrNO5S. The van der Waals surface area contributed by atoms with Crippen molar-refractivity contribution in [1.29, 1.82) is 0 Å². The molecule has 0 radical (unpaired) electrons. The van der Waals surface area contributed by atoms with Crippen LogP contribution in [0.15, 0.2) is 45.8 Å². The number of rotatable bonds is 3. The molecule has 0 aliphatic heterocycles. The van der Waals surface area contributed by atoms with Crippen molar-refractivity contribution in [2.45, 2.75) is 11.8 Å². The molecule has 110 valence electrons. The predicted octanol–water partition coefficient (Wildman–Crippen LogP) is 3.58. The fraction of sp³-hybridized carbons (Fsp3) is 0.0769. The Labute approximate surface area is 129 Å². The lowest BCUT2D eigenvalue weighted by molar-refractivity contribution is -0.384. The van der Waals surface area contributed by atoms with Crippen LogP contribution in [0, 0.1) is 17.0 Å². The first-order valence-corrected chi connectivity index (χ1v) is 7.96. The molecule has 2 rings (SSSR count). The van der Waals surface area contributed by atoms with Crippen molar-refractivity contribution in [3.8, 4) is 11.1 Å². The molecular weight excluding hydrogens is 362 g/mol. The van der Waals surface area contributed by atoms with Crippen molar-refractivity contribution in [2.24, 2.45) is 0 Å². The molecule has 0 saturated carbocycles. The van der Waals surface area contributed by atoms with Crippen LogP contribution in [0.25, 0.3) is 11.1 Å². The Morgan fingerprint density at radius 2 is 1.90 bits per heavy atom. The van der Waals surface area contributed by atoms with Crippen molar-refractivity contribution in [3.63, 3.8) is 0 Å². The van der Waals surface area contributed by atoms with Crippen molar-refractivity contribution >= 4 is 31.7 Å². The maximum absolute atomic E-state index is 11.5. The van der Waals surface area contributed by atoms with E-state index in [1.165, 1.54) is 30.3 Å². The molecule has 2 aromatic rings. The Balaban J connectivity index is 2.91. The molecule has 0 unspecified atom stereocenters. The number of nitrogens with zero attached hydrogens (tertiary/aromatic N) is 1. The molecule has 0 atom stereocenters. The minimum absolute atomic E-state index is 0.0803. The maximum atomic E-state index is 11.5. The van der Waals surface area contributed by atoms with Crippen LogP contribution in [0.1, 0.15) is 5.56 Å². The number of hydrogen-bond donors (Lipinski definition) is 1. The highest BCUT2D eigenvalue weighted by Gasteiger charge is 2.24. The lowest BCUT2D eigenvalue weighted by Gasteiger charge is -2.11. The van der Waals surface area contributed by atoms with Crippen LogP contribution < -0.4 is 0 Å². The smallest absolute Gasteiger partial charge is 0.282 e. The van der Waals surface area contributed by atoms with Crippen molar-refractivity contribution in [3.05, 3.63) is 56.5 Å². The highest BCUT2D eigenvalue weighted by atomic mass is 79.9. The van der Waals surface area contributed by atoms with E-state index in [9.17, 15) is 23.1 Å². The van der Waals surface area contributed by atoms with E-state index in [4.69, 9.17) is 0 Å². The van der Waals surface area contributed by atoms with Crippen LogP contribution in [0.5, 0.6) is 0 Å². The molecule has 0 aliphatic rings. The van der Waals surface area contributed by atoms with Gasteiger partial charge in [0.05, 0.1) is 10.5 Å². The average molecular weight is 372 g/mol. The van der Waals surface area contributed by atoms with Crippen LogP contribution in [0.2, 0.25) is 0 Å². The third-order valence-corrected chi connectivity index (χ3v) is 4.44. The van der Waals surface area contributed by atoms with Gasteiger partial charge in [-0.3, -0.25) is 14.7 Å². The molecule has 0 saturated heterocycles. The fourth-order valence-corrected chi connectivity index (χ4v) is 3.24. The van der Waals surface area contributed by atoms with E-state index in [0.717, 1.165) is 0 Å². The van der Waals surface area contributed by atoms with E-state index < -0.39 is 15.0 Å². The standard InChI is InChI=1S/C13H10BrNO5S/c1-8-5-6-12(21(18,19)20)9(7-8)13-10(14)3-2-4-11(13)15(16)17/h2-7H,1H3,(H,18,19,20). The number of aryl methyl sites for hydroxylation is 1. The highest BCUT2D eigenvalue weighted by Crippen LogP contribution is 2.39. The Morgan fingerprint density at radius 1 is 1.24 bits per heavy atom. The third kappa shape index (κ3) is 3.12. The number of nitro benzene ring substituents is 1. The zero-order valence-corrected chi connectivity index (χ0v) is 13.2. The summed E-state index contributed by atoms with van der Waals surface area (Å²) in [4.78, 5) is 10.2. The largest absolute Gasteiger partial charge is 0.295 e. The van der Waals surface area contributed by atoms with Gasteiger partial charge in [0.2, 0.25) is 0 Å². The molecule has 0 aromatic heterocycles. The van der Waals surface area contributed by atoms with Gasteiger partial charge < -0.3 is 0 Å². The average Bonchev–Trinajstić information content (AvgIpc) is 2.36. The predicted molar refractivity (Wildman–Crippen MR) is 80.8 cm³/mol. The normalized spacial score (nSPS) is 11.4.